The first-order valence-electron chi connectivity index (χ1n) is 7.54. The largest absolute Gasteiger partial charge is 0.352 e. The van der Waals surface area contributed by atoms with Gasteiger partial charge >= 0.3 is 6.03 Å². The maximum absolute atomic E-state index is 12.2. The first kappa shape index (κ1) is 16.0. The summed E-state index contributed by atoms with van der Waals surface area (Å²) < 4.78 is 0. The lowest BCUT2D eigenvalue weighted by Crippen LogP contribution is -2.50. The quantitative estimate of drug-likeness (QED) is 0.696. The summed E-state index contributed by atoms with van der Waals surface area (Å²) in [6.45, 7) is 4.16. The van der Waals surface area contributed by atoms with Gasteiger partial charge in [0.1, 0.15) is 0 Å². The van der Waals surface area contributed by atoms with Crippen LogP contribution in [-0.4, -0.2) is 29.5 Å². The third kappa shape index (κ3) is 4.31. The molecule has 0 radical (unpaired) electrons. The summed E-state index contributed by atoms with van der Waals surface area (Å²) in [4.78, 5) is 27.7. The molecule has 0 saturated heterocycles. The number of carbonyl (C=O) groups is 2. The molecule has 1 aromatic heterocycles. The Kier molecular flexibility index (Phi) is 5.52. The van der Waals surface area contributed by atoms with Gasteiger partial charge in [-0.05, 0) is 45.2 Å². The summed E-state index contributed by atoms with van der Waals surface area (Å²) in [5, 5.41) is 8.22. The van der Waals surface area contributed by atoms with Gasteiger partial charge in [0.05, 0.1) is 11.6 Å². The van der Waals surface area contributed by atoms with E-state index in [1.807, 2.05) is 18.2 Å². The van der Waals surface area contributed by atoms with Crippen LogP contribution in [0.1, 0.15) is 32.4 Å². The third-order valence-corrected chi connectivity index (χ3v) is 3.60. The van der Waals surface area contributed by atoms with E-state index < -0.39 is 0 Å². The number of carbonyl (C=O) groups excluding carboxylic acids is 2. The predicted octanol–water partition coefficient (Wildman–Crippen LogP) is 1.50. The number of amides is 3. The lowest BCUT2D eigenvalue weighted by Gasteiger charge is -2.25. The molecule has 22 heavy (non-hydrogen) atoms. The third-order valence-electron chi connectivity index (χ3n) is 3.60. The van der Waals surface area contributed by atoms with Gasteiger partial charge in [0.2, 0.25) is 0 Å². The molecule has 6 heteroatoms. The van der Waals surface area contributed by atoms with Crippen molar-refractivity contribution in [2.75, 3.05) is 6.54 Å². The Morgan fingerprint density at radius 2 is 2.18 bits per heavy atom. The number of unbranched alkanes of at least 4 members (excludes halogenated alkanes) is 1. The highest BCUT2D eigenvalue weighted by Gasteiger charge is 2.26. The molecule has 0 bridgehead atoms. The molecule has 3 N–H and O–H groups in total. The topological polar surface area (TPSA) is 83.1 Å². The highest BCUT2D eigenvalue weighted by molar-refractivity contribution is 5.98. The Labute approximate surface area is 130 Å². The van der Waals surface area contributed by atoms with Crippen LogP contribution in [0.25, 0.3) is 0 Å². The SMILES string of the molecule is CC1=C(C(=O)NCCCCc2ccccn2)C(C)NC(=O)N1. The van der Waals surface area contributed by atoms with E-state index in [-0.39, 0.29) is 18.0 Å². The maximum atomic E-state index is 12.2. The van der Waals surface area contributed by atoms with Crippen molar-refractivity contribution in [1.29, 1.82) is 0 Å². The van der Waals surface area contributed by atoms with Crippen LogP contribution >= 0.6 is 0 Å². The number of hydrogen-bond donors (Lipinski definition) is 3. The zero-order valence-electron chi connectivity index (χ0n) is 13.0. The van der Waals surface area contributed by atoms with Crippen molar-refractivity contribution in [2.45, 2.75) is 39.2 Å². The van der Waals surface area contributed by atoms with Crippen LogP contribution in [0.2, 0.25) is 0 Å². The molecule has 2 rings (SSSR count). The van der Waals surface area contributed by atoms with Gasteiger partial charge in [-0.2, -0.15) is 0 Å². The lowest BCUT2D eigenvalue weighted by atomic mass is 10.0. The summed E-state index contributed by atoms with van der Waals surface area (Å²) in [6.07, 6.45) is 4.56. The molecule has 118 valence electrons. The number of hydrogen-bond acceptors (Lipinski definition) is 3. The Morgan fingerprint density at radius 1 is 1.36 bits per heavy atom. The van der Waals surface area contributed by atoms with Gasteiger partial charge in [-0.3, -0.25) is 9.78 Å². The normalized spacial score (nSPS) is 17.7. The van der Waals surface area contributed by atoms with Gasteiger partial charge in [0.25, 0.3) is 5.91 Å². The van der Waals surface area contributed by atoms with Crippen molar-refractivity contribution in [3.63, 3.8) is 0 Å². The number of pyridine rings is 1. The Bertz CT molecular complexity index is 569. The van der Waals surface area contributed by atoms with E-state index in [1.165, 1.54) is 0 Å². The van der Waals surface area contributed by atoms with Crippen LogP contribution in [0.4, 0.5) is 4.79 Å². The second-order valence-corrected chi connectivity index (χ2v) is 5.39. The van der Waals surface area contributed by atoms with Crippen LogP contribution in [0.3, 0.4) is 0 Å². The maximum Gasteiger partial charge on any atom is 0.319 e. The molecule has 0 aliphatic carbocycles. The van der Waals surface area contributed by atoms with E-state index in [0.29, 0.717) is 17.8 Å². The Balaban J connectivity index is 1.74. The zero-order valence-corrected chi connectivity index (χ0v) is 13.0. The minimum absolute atomic E-state index is 0.129. The molecule has 0 spiro atoms. The average Bonchev–Trinajstić information content (AvgIpc) is 2.47. The van der Waals surface area contributed by atoms with Crippen molar-refractivity contribution in [1.82, 2.24) is 20.9 Å². The van der Waals surface area contributed by atoms with E-state index in [9.17, 15) is 9.59 Å². The number of aromatic nitrogens is 1. The Hall–Kier alpha value is -2.37. The van der Waals surface area contributed by atoms with E-state index in [4.69, 9.17) is 0 Å². The summed E-state index contributed by atoms with van der Waals surface area (Å²) in [6, 6.07) is 5.34. The highest BCUT2D eigenvalue weighted by Crippen LogP contribution is 2.11. The van der Waals surface area contributed by atoms with Crippen LogP contribution in [0, 0.1) is 0 Å². The first-order valence-corrected chi connectivity index (χ1v) is 7.54. The summed E-state index contributed by atoms with van der Waals surface area (Å²) in [7, 11) is 0. The molecule has 6 nitrogen and oxygen atoms in total. The van der Waals surface area contributed by atoms with Crippen molar-refractivity contribution in [2.24, 2.45) is 0 Å². The summed E-state index contributed by atoms with van der Waals surface area (Å²) >= 11 is 0. The van der Waals surface area contributed by atoms with Gasteiger partial charge < -0.3 is 16.0 Å². The van der Waals surface area contributed by atoms with Crippen LogP contribution < -0.4 is 16.0 Å². The molecule has 0 fully saturated rings. The molecule has 1 unspecified atom stereocenters. The van der Waals surface area contributed by atoms with Crippen LogP contribution in [-0.2, 0) is 11.2 Å². The molecule has 1 aromatic rings. The molecule has 3 amide bonds. The minimum Gasteiger partial charge on any atom is -0.352 e. The molecule has 2 heterocycles. The van der Waals surface area contributed by atoms with E-state index in [0.717, 1.165) is 25.0 Å². The molecular weight excluding hydrogens is 280 g/mol. The van der Waals surface area contributed by atoms with Gasteiger partial charge in [-0.1, -0.05) is 6.07 Å². The van der Waals surface area contributed by atoms with Crippen molar-refractivity contribution < 1.29 is 9.59 Å². The standard InChI is InChI=1S/C16H22N4O2/c1-11-14(12(2)20-16(22)19-11)15(21)18-10-6-4-8-13-7-3-5-9-17-13/h3,5,7,9,11H,4,6,8,10H2,1-2H3,(H,18,21)(H2,19,20,22). The molecule has 0 saturated carbocycles. The fraction of sp³-hybridized carbons (Fsp3) is 0.438. The fourth-order valence-electron chi connectivity index (χ4n) is 2.51. The number of nitrogens with one attached hydrogen (secondary N) is 3. The van der Waals surface area contributed by atoms with E-state index >= 15 is 0 Å². The minimum atomic E-state index is -0.276. The first-order chi connectivity index (χ1) is 10.6. The number of rotatable bonds is 6. The Morgan fingerprint density at radius 3 is 2.86 bits per heavy atom. The summed E-state index contributed by atoms with van der Waals surface area (Å²) in [5.41, 5.74) is 2.27. The zero-order chi connectivity index (χ0) is 15.9. The molecule has 1 atom stereocenters. The summed E-state index contributed by atoms with van der Waals surface area (Å²) in [5.74, 6) is -0.129. The van der Waals surface area contributed by atoms with Gasteiger partial charge in [0, 0.05) is 24.1 Å². The predicted molar refractivity (Wildman–Crippen MR) is 84.0 cm³/mol. The van der Waals surface area contributed by atoms with Gasteiger partial charge in [-0.25, -0.2) is 4.79 Å². The number of urea groups is 1. The fourth-order valence-corrected chi connectivity index (χ4v) is 2.51. The van der Waals surface area contributed by atoms with E-state index in [2.05, 4.69) is 20.9 Å². The van der Waals surface area contributed by atoms with Gasteiger partial charge in [-0.15, -0.1) is 0 Å². The van der Waals surface area contributed by atoms with Gasteiger partial charge in [0.15, 0.2) is 0 Å². The van der Waals surface area contributed by atoms with Crippen molar-refractivity contribution in [3.8, 4) is 0 Å². The molecule has 0 aromatic carbocycles. The van der Waals surface area contributed by atoms with E-state index in [1.54, 1.807) is 20.0 Å². The number of allylic oxidation sites excluding steroid dienone is 1. The van der Waals surface area contributed by atoms with Crippen LogP contribution in [0.15, 0.2) is 35.7 Å². The monoisotopic (exact) mass is 302 g/mol. The second-order valence-electron chi connectivity index (χ2n) is 5.39. The molecular formula is C16H22N4O2. The number of aryl methyl sites for hydroxylation is 1. The van der Waals surface area contributed by atoms with Crippen molar-refractivity contribution in [3.05, 3.63) is 41.4 Å². The molecule has 1 aliphatic heterocycles. The van der Waals surface area contributed by atoms with Crippen LogP contribution in [0.5, 0.6) is 0 Å². The smallest absolute Gasteiger partial charge is 0.319 e. The highest BCUT2D eigenvalue weighted by atomic mass is 16.2. The number of nitrogens with zero attached hydrogens (tertiary/aromatic N) is 1. The second kappa shape index (κ2) is 7.59. The lowest BCUT2D eigenvalue weighted by molar-refractivity contribution is -0.117. The molecule has 1 aliphatic rings. The average molecular weight is 302 g/mol. The van der Waals surface area contributed by atoms with Crippen molar-refractivity contribution >= 4 is 11.9 Å².